The summed E-state index contributed by atoms with van der Waals surface area (Å²) in [5.74, 6) is 2.07. The van der Waals surface area contributed by atoms with Crippen molar-refractivity contribution in [1.29, 1.82) is 0 Å². The summed E-state index contributed by atoms with van der Waals surface area (Å²) in [6.07, 6.45) is 5.40. The van der Waals surface area contributed by atoms with Crippen LogP contribution < -0.4 is 0 Å². The van der Waals surface area contributed by atoms with Gasteiger partial charge in [0.05, 0.1) is 11.1 Å². The van der Waals surface area contributed by atoms with E-state index in [1.165, 1.54) is 42.0 Å². The van der Waals surface area contributed by atoms with Gasteiger partial charge in [-0.25, -0.2) is 0 Å². The van der Waals surface area contributed by atoms with Gasteiger partial charge < -0.3 is 0 Å². The van der Waals surface area contributed by atoms with Gasteiger partial charge in [-0.05, 0) is 30.9 Å². The number of benzene rings is 1. The predicted molar refractivity (Wildman–Crippen MR) is 76.2 cm³/mol. The summed E-state index contributed by atoms with van der Waals surface area (Å²) in [6, 6.07) is 8.64. The number of hydrogen-bond donors (Lipinski definition) is 0. The molecule has 90 valence electrons. The third-order valence-corrected chi connectivity index (χ3v) is 5.14. The van der Waals surface area contributed by atoms with Gasteiger partial charge in [-0.1, -0.05) is 36.6 Å². The van der Waals surface area contributed by atoms with Gasteiger partial charge in [-0.15, -0.1) is 11.8 Å². The van der Waals surface area contributed by atoms with E-state index in [4.69, 9.17) is 16.6 Å². The zero-order valence-corrected chi connectivity index (χ0v) is 11.3. The van der Waals surface area contributed by atoms with E-state index in [0.717, 1.165) is 10.9 Å². The lowest BCUT2D eigenvalue weighted by Gasteiger charge is -2.32. The van der Waals surface area contributed by atoms with E-state index in [0.29, 0.717) is 6.04 Å². The van der Waals surface area contributed by atoms with Crippen LogP contribution in [-0.2, 0) is 0 Å². The zero-order chi connectivity index (χ0) is 11.7. The number of fused-ring (bicyclic) bond motifs is 1. The minimum Gasteiger partial charge on any atom is -0.274 e. The van der Waals surface area contributed by atoms with Crippen LogP contribution in [0.25, 0.3) is 0 Å². The quantitative estimate of drug-likeness (QED) is 0.733. The Morgan fingerprint density at radius 1 is 1.12 bits per heavy atom. The Hall–Kier alpha value is -0.470. The van der Waals surface area contributed by atoms with Crippen LogP contribution in [0.3, 0.4) is 0 Å². The van der Waals surface area contributed by atoms with Gasteiger partial charge in [0.15, 0.2) is 0 Å². The Morgan fingerprint density at radius 3 is 2.71 bits per heavy atom. The van der Waals surface area contributed by atoms with Gasteiger partial charge in [0.25, 0.3) is 0 Å². The summed E-state index contributed by atoms with van der Waals surface area (Å²) >= 11 is 7.83. The molecule has 0 radical (unpaired) electrons. The fourth-order valence-corrected chi connectivity index (χ4v) is 4.08. The molecule has 0 spiro atoms. The maximum Gasteiger partial charge on any atom is 0.0980 e. The van der Waals surface area contributed by atoms with Crippen LogP contribution >= 0.6 is 23.4 Å². The number of aliphatic imine (C=N–C) groups is 1. The SMILES string of the molecule is Clc1ccc(C2=N[C@H]3CCCC[C@H]3CS2)cc1. The van der Waals surface area contributed by atoms with Crippen LogP contribution in [0.4, 0.5) is 0 Å². The molecule has 1 aromatic rings. The molecular formula is C14H16ClNS. The average molecular weight is 266 g/mol. The van der Waals surface area contributed by atoms with Crippen LogP contribution in [0.1, 0.15) is 31.2 Å². The van der Waals surface area contributed by atoms with E-state index in [1.807, 2.05) is 23.9 Å². The third-order valence-electron chi connectivity index (χ3n) is 3.68. The van der Waals surface area contributed by atoms with Crippen molar-refractivity contribution in [2.24, 2.45) is 10.9 Å². The zero-order valence-electron chi connectivity index (χ0n) is 9.73. The van der Waals surface area contributed by atoms with Crippen molar-refractivity contribution in [3.8, 4) is 0 Å². The first-order chi connectivity index (χ1) is 8.33. The van der Waals surface area contributed by atoms with Crippen LogP contribution in [0.15, 0.2) is 29.3 Å². The van der Waals surface area contributed by atoms with Crippen molar-refractivity contribution >= 4 is 28.4 Å². The second-order valence-corrected chi connectivity index (χ2v) is 6.31. The summed E-state index contributed by atoms with van der Waals surface area (Å²) in [6.45, 7) is 0. The minimum atomic E-state index is 0.579. The molecule has 0 amide bonds. The average Bonchev–Trinajstić information content (AvgIpc) is 2.39. The van der Waals surface area contributed by atoms with E-state index < -0.39 is 0 Å². The second kappa shape index (κ2) is 5.03. The van der Waals surface area contributed by atoms with Gasteiger partial charge >= 0.3 is 0 Å². The summed E-state index contributed by atoms with van der Waals surface area (Å²) in [4.78, 5) is 4.94. The molecule has 1 aliphatic carbocycles. The van der Waals surface area contributed by atoms with E-state index in [1.54, 1.807) is 0 Å². The molecular weight excluding hydrogens is 250 g/mol. The van der Waals surface area contributed by atoms with Gasteiger partial charge in [0.2, 0.25) is 0 Å². The Balaban J connectivity index is 1.84. The third kappa shape index (κ3) is 2.53. The van der Waals surface area contributed by atoms with Crippen molar-refractivity contribution in [3.05, 3.63) is 34.9 Å². The molecule has 1 heterocycles. The van der Waals surface area contributed by atoms with E-state index in [9.17, 15) is 0 Å². The first-order valence-electron chi connectivity index (χ1n) is 6.29. The highest BCUT2D eigenvalue weighted by Gasteiger charge is 2.29. The number of halogens is 1. The number of thioether (sulfide) groups is 1. The Kier molecular flexibility index (Phi) is 3.44. The van der Waals surface area contributed by atoms with Crippen molar-refractivity contribution in [1.82, 2.24) is 0 Å². The maximum absolute atomic E-state index is 5.91. The lowest BCUT2D eigenvalue weighted by Crippen LogP contribution is -2.30. The van der Waals surface area contributed by atoms with Crippen molar-refractivity contribution in [2.45, 2.75) is 31.7 Å². The first kappa shape index (κ1) is 11.6. The van der Waals surface area contributed by atoms with Crippen LogP contribution in [0.5, 0.6) is 0 Å². The van der Waals surface area contributed by atoms with Crippen LogP contribution in [-0.4, -0.2) is 16.8 Å². The molecule has 0 saturated heterocycles. The summed E-state index contributed by atoms with van der Waals surface area (Å²) in [7, 11) is 0. The lowest BCUT2D eigenvalue weighted by atomic mass is 9.86. The standard InChI is InChI=1S/C14H16ClNS/c15-12-7-5-10(6-8-12)14-16-13-4-2-1-3-11(13)9-17-14/h5-8,11,13H,1-4,9H2/t11-,13-/m0/s1. The summed E-state index contributed by atoms with van der Waals surface area (Å²) < 4.78 is 0. The first-order valence-corrected chi connectivity index (χ1v) is 7.66. The molecule has 1 nitrogen and oxygen atoms in total. The molecule has 0 unspecified atom stereocenters. The van der Waals surface area contributed by atoms with Crippen molar-refractivity contribution in [2.75, 3.05) is 5.75 Å². The van der Waals surface area contributed by atoms with Gasteiger partial charge in [-0.2, -0.15) is 0 Å². The molecule has 0 bridgehead atoms. The van der Waals surface area contributed by atoms with Crippen molar-refractivity contribution < 1.29 is 0 Å². The predicted octanol–water partition coefficient (Wildman–Crippen LogP) is 4.39. The van der Waals surface area contributed by atoms with Gasteiger partial charge in [-0.3, -0.25) is 4.99 Å². The molecule has 0 N–H and O–H groups in total. The highest BCUT2D eigenvalue weighted by Crippen LogP contribution is 2.35. The smallest absolute Gasteiger partial charge is 0.0980 e. The highest BCUT2D eigenvalue weighted by atomic mass is 35.5. The largest absolute Gasteiger partial charge is 0.274 e. The molecule has 2 aliphatic rings. The Morgan fingerprint density at radius 2 is 1.88 bits per heavy atom. The van der Waals surface area contributed by atoms with Crippen molar-refractivity contribution in [3.63, 3.8) is 0 Å². The molecule has 1 saturated carbocycles. The molecule has 3 rings (SSSR count). The Bertz CT molecular complexity index is 426. The van der Waals surface area contributed by atoms with Crippen LogP contribution in [0.2, 0.25) is 5.02 Å². The summed E-state index contributed by atoms with van der Waals surface area (Å²) in [5.41, 5.74) is 1.23. The fourth-order valence-electron chi connectivity index (χ4n) is 2.68. The van der Waals surface area contributed by atoms with E-state index in [2.05, 4.69) is 12.1 Å². The fraction of sp³-hybridized carbons (Fsp3) is 0.500. The molecule has 1 fully saturated rings. The topological polar surface area (TPSA) is 12.4 Å². The molecule has 2 atom stereocenters. The number of hydrogen-bond acceptors (Lipinski definition) is 2. The number of nitrogens with zero attached hydrogens (tertiary/aromatic N) is 1. The molecule has 1 aliphatic heterocycles. The number of rotatable bonds is 1. The van der Waals surface area contributed by atoms with Gasteiger partial charge in [0, 0.05) is 16.3 Å². The van der Waals surface area contributed by atoms with E-state index >= 15 is 0 Å². The maximum atomic E-state index is 5.91. The lowest BCUT2D eigenvalue weighted by molar-refractivity contribution is 0.336. The molecule has 3 heteroatoms. The van der Waals surface area contributed by atoms with Gasteiger partial charge in [0.1, 0.15) is 0 Å². The van der Waals surface area contributed by atoms with E-state index in [-0.39, 0.29) is 0 Å². The minimum absolute atomic E-state index is 0.579. The monoisotopic (exact) mass is 265 g/mol. The molecule has 0 aromatic heterocycles. The summed E-state index contributed by atoms with van der Waals surface area (Å²) in [5, 5.41) is 2.01. The molecule has 17 heavy (non-hydrogen) atoms. The Labute approximate surface area is 112 Å². The second-order valence-electron chi connectivity index (χ2n) is 4.86. The normalized spacial score (nSPS) is 28.4. The highest BCUT2D eigenvalue weighted by molar-refractivity contribution is 8.14. The van der Waals surface area contributed by atoms with Crippen LogP contribution in [0, 0.1) is 5.92 Å². The molecule has 1 aromatic carbocycles.